The van der Waals surface area contributed by atoms with E-state index in [1.807, 2.05) is 97.1 Å². The maximum absolute atomic E-state index is 10.3. The second kappa shape index (κ2) is 11.4. The summed E-state index contributed by atoms with van der Waals surface area (Å²) in [6.45, 7) is 0. The fourth-order valence-electron chi connectivity index (χ4n) is 7.46. The number of rotatable bonds is 4. The number of hydrogen-bond donors (Lipinski definition) is 0. The maximum Gasteiger partial charge on any atom is 0.0998 e. The quantitative estimate of drug-likeness (QED) is 0.193. The molecule has 0 spiro atoms. The minimum absolute atomic E-state index is 0.588. The summed E-state index contributed by atoms with van der Waals surface area (Å²) in [5.41, 5.74) is 11.6. The average Bonchev–Trinajstić information content (AvgIpc) is 3.69. The first-order valence-corrected chi connectivity index (χ1v) is 16.3. The van der Waals surface area contributed by atoms with Crippen LogP contribution in [0.4, 0.5) is 0 Å². The molecule has 0 aliphatic heterocycles. The molecule has 2 aromatic heterocycles. The van der Waals surface area contributed by atoms with Crippen molar-refractivity contribution < 1.29 is 0 Å². The Kier molecular flexibility index (Phi) is 6.56. The molecule has 0 unspecified atom stereocenters. The molecule has 0 atom stereocenters. The highest BCUT2D eigenvalue weighted by Gasteiger charge is 2.21. The minimum atomic E-state index is 0.588. The average molecular weight is 636 g/mol. The van der Waals surface area contributed by atoms with Gasteiger partial charge in [0.15, 0.2) is 0 Å². The van der Waals surface area contributed by atoms with E-state index in [-0.39, 0.29) is 0 Å². The van der Waals surface area contributed by atoms with Gasteiger partial charge in [0.25, 0.3) is 0 Å². The largest absolute Gasteiger partial charge is 0.309 e. The Labute approximate surface area is 287 Å². The smallest absolute Gasteiger partial charge is 0.0998 e. The van der Waals surface area contributed by atoms with Gasteiger partial charge in [-0.3, -0.25) is 0 Å². The first kappa shape index (κ1) is 28.8. The van der Waals surface area contributed by atoms with Gasteiger partial charge in [-0.25, -0.2) is 0 Å². The van der Waals surface area contributed by atoms with Crippen molar-refractivity contribution in [3.05, 3.63) is 168 Å². The van der Waals surface area contributed by atoms with Gasteiger partial charge in [0, 0.05) is 38.4 Å². The Morgan fingerprint density at radius 2 is 0.900 bits per heavy atom. The van der Waals surface area contributed by atoms with Gasteiger partial charge in [-0.1, -0.05) is 78.9 Å². The lowest BCUT2D eigenvalue weighted by molar-refractivity contribution is 1.17. The third kappa shape index (κ3) is 4.31. The third-order valence-corrected chi connectivity index (χ3v) is 9.64. The number of nitriles is 3. The number of fused-ring (bicyclic) bond motifs is 6. The lowest BCUT2D eigenvalue weighted by Crippen LogP contribution is -2.00. The van der Waals surface area contributed by atoms with Crippen molar-refractivity contribution in [2.75, 3.05) is 0 Å². The van der Waals surface area contributed by atoms with Crippen LogP contribution in [0.1, 0.15) is 16.7 Å². The topological polar surface area (TPSA) is 81.2 Å². The maximum atomic E-state index is 10.3. The van der Waals surface area contributed by atoms with E-state index in [1.165, 1.54) is 0 Å². The summed E-state index contributed by atoms with van der Waals surface area (Å²) >= 11 is 0. The Hall–Kier alpha value is -7.39. The summed E-state index contributed by atoms with van der Waals surface area (Å²) in [5.74, 6) is 0. The molecular formula is C45H25N5. The molecule has 0 amide bonds. The van der Waals surface area contributed by atoms with Gasteiger partial charge >= 0.3 is 0 Å². The Morgan fingerprint density at radius 1 is 0.360 bits per heavy atom. The molecule has 0 radical (unpaired) electrons. The molecule has 9 aromatic rings. The van der Waals surface area contributed by atoms with Crippen molar-refractivity contribution in [2.45, 2.75) is 0 Å². The molecule has 0 saturated heterocycles. The van der Waals surface area contributed by atoms with E-state index in [2.05, 4.69) is 81.9 Å². The summed E-state index contributed by atoms with van der Waals surface area (Å²) in [6, 6.07) is 57.8. The molecule has 50 heavy (non-hydrogen) atoms. The second-order valence-corrected chi connectivity index (χ2v) is 12.3. The van der Waals surface area contributed by atoms with Gasteiger partial charge in [-0.05, 0) is 83.9 Å². The number of hydrogen-bond acceptors (Lipinski definition) is 3. The van der Waals surface area contributed by atoms with Gasteiger partial charge in [0.05, 0.1) is 62.7 Å². The van der Waals surface area contributed by atoms with Crippen molar-refractivity contribution in [1.82, 2.24) is 9.13 Å². The Balaban J connectivity index is 1.35. The molecule has 0 aliphatic carbocycles. The molecule has 0 saturated carbocycles. The fraction of sp³-hybridized carbons (Fsp3) is 0. The fourth-order valence-corrected chi connectivity index (χ4v) is 7.46. The SMILES string of the molecule is N#Cc1ccc2c(c1)c1ccccc1n2-c1ccc(-c2ccccc2-n2c3ccccc3c3cc(C#N)ccc32)c(-c2ccccc2C#N)c1. The van der Waals surface area contributed by atoms with Gasteiger partial charge in [0.2, 0.25) is 0 Å². The molecule has 0 aliphatic rings. The summed E-state index contributed by atoms with van der Waals surface area (Å²) in [6.07, 6.45) is 0. The van der Waals surface area contributed by atoms with Crippen LogP contribution in [0.2, 0.25) is 0 Å². The van der Waals surface area contributed by atoms with E-state index in [4.69, 9.17) is 0 Å². The predicted molar refractivity (Wildman–Crippen MR) is 200 cm³/mol. The normalized spacial score (nSPS) is 11.1. The van der Waals surface area contributed by atoms with E-state index in [0.29, 0.717) is 16.7 Å². The zero-order chi connectivity index (χ0) is 33.8. The van der Waals surface area contributed by atoms with E-state index < -0.39 is 0 Å². The summed E-state index contributed by atoms with van der Waals surface area (Å²) in [4.78, 5) is 0. The van der Waals surface area contributed by atoms with Crippen molar-refractivity contribution in [2.24, 2.45) is 0 Å². The van der Waals surface area contributed by atoms with Gasteiger partial charge in [0.1, 0.15) is 0 Å². The van der Waals surface area contributed by atoms with Crippen LogP contribution in [-0.4, -0.2) is 9.13 Å². The number of aromatic nitrogens is 2. The van der Waals surface area contributed by atoms with E-state index >= 15 is 0 Å². The number of para-hydroxylation sites is 3. The summed E-state index contributed by atoms with van der Waals surface area (Å²) in [7, 11) is 0. The van der Waals surface area contributed by atoms with Crippen LogP contribution in [0.25, 0.3) is 77.2 Å². The van der Waals surface area contributed by atoms with Crippen LogP contribution >= 0.6 is 0 Å². The summed E-state index contributed by atoms with van der Waals surface area (Å²) in [5, 5.41) is 33.9. The highest BCUT2D eigenvalue weighted by molar-refractivity contribution is 6.11. The molecule has 5 nitrogen and oxygen atoms in total. The van der Waals surface area contributed by atoms with Crippen LogP contribution in [-0.2, 0) is 0 Å². The zero-order valence-corrected chi connectivity index (χ0v) is 26.7. The van der Waals surface area contributed by atoms with Crippen LogP contribution in [0.5, 0.6) is 0 Å². The van der Waals surface area contributed by atoms with Crippen molar-refractivity contribution in [1.29, 1.82) is 15.8 Å². The molecule has 2 heterocycles. The van der Waals surface area contributed by atoms with Gasteiger partial charge in [-0.2, -0.15) is 15.8 Å². The highest BCUT2D eigenvalue weighted by Crippen LogP contribution is 2.42. The standard InChI is InChI=1S/C45H25N5/c46-26-29-17-21-44-39(23-29)36-12-4-6-14-41(36)49(44)32-19-20-34(38(25-32)33-10-2-1-9-31(33)28-48)35-11-3-7-15-42(35)50-43-16-8-5-13-37(43)40-24-30(27-47)18-22-45(40)50/h1-25H. The number of benzene rings is 7. The van der Waals surface area contributed by atoms with Gasteiger partial charge < -0.3 is 9.13 Å². The predicted octanol–water partition coefficient (Wildman–Crippen LogP) is 10.8. The molecule has 9 rings (SSSR count). The molecule has 0 bridgehead atoms. The molecule has 5 heteroatoms. The number of nitrogens with zero attached hydrogens (tertiary/aromatic N) is 5. The highest BCUT2D eigenvalue weighted by atomic mass is 15.0. The molecule has 230 valence electrons. The van der Waals surface area contributed by atoms with Crippen LogP contribution in [0.3, 0.4) is 0 Å². The van der Waals surface area contributed by atoms with Crippen LogP contribution in [0.15, 0.2) is 152 Å². The van der Waals surface area contributed by atoms with Crippen LogP contribution in [0, 0.1) is 34.0 Å². The van der Waals surface area contributed by atoms with Crippen molar-refractivity contribution in [3.8, 4) is 51.8 Å². The Morgan fingerprint density at radius 3 is 1.56 bits per heavy atom. The molecule has 0 fully saturated rings. The Bertz CT molecular complexity index is 2970. The molecule has 7 aromatic carbocycles. The monoisotopic (exact) mass is 635 g/mol. The van der Waals surface area contributed by atoms with Crippen LogP contribution < -0.4 is 0 Å². The van der Waals surface area contributed by atoms with Crippen molar-refractivity contribution >= 4 is 43.6 Å². The van der Waals surface area contributed by atoms with E-state index in [0.717, 1.165) is 77.2 Å². The lowest BCUT2D eigenvalue weighted by Gasteiger charge is -2.19. The molecular weight excluding hydrogens is 611 g/mol. The van der Waals surface area contributed by atoms with Crippen molar-refractivity contribution in [3.63, 3.8) is 0 Å². The first-order chi connectivity index (χ1) is 24.7. The van der Waals surface area contributed by atoms with E-state index in [1.54, 1.807) is 0 Å². The second-order valence-electron chi connectivity index (χ2n) is 12.3. The summed E-state index contributed by atoms with van der Waals surface area (Å²) < 4.78 is 4.51. The minimum Gasteiger partial charge on any atom is -0.309 e. The lowest BCUT2D eigenvalue weighted by atomic mass is 9.90. The van der Waals surface area contributed by atoms with E-state index in [9.17, 15) is 15.8 Å². The van der Waals surface area contributed by atoms with Gasteiger partial charge in [-0.15, -0.1) is 0 Å². The third-order valence-electron chi connectivity index (χ3n) is 9.64. The zero-order valence-electron chi connectivity index (χ0n) is 26.7. The molecule has 0 N–H and O–H groups in total. The first-order valence-electron chi connectivity index (χ1n) is 16.3.